The Kier molecular flexibility index (Phi) is 4.32. The van der Waals surface area contributed by atoms with Gasteiger partial charge in [-0.15, -0.1) is 0 Å². The Labute approximate surface area is 168 Å². The zero-order valence-electron chi connectivity index (χ0n) is 16.6. The number of hydrogen-bond acceptors (Lipinski definition) is 5. The number of carbonyl (C=O) groups is 1. The average molecular weight is 389 g/mol. The summed E-state index contributed by atoms with van der Waals surface area (Å²) in [6.07, 6.45) is 4.65. The quantitative estimate of drug-likeness (QED) is 0.527. The van der Waals surface area contributed by atoms with Gasteiger partial charge in [-0.2, -0.15) is 0 Å². The van der Waals surface area contributed by atoms with Crippen LogP contribution in [-0.2, 0) is 0 Å². The highest BCUT2D eigenvalue weighted by molar-refractivity contribution is 5.93. The third-order valence-electron chi connectivity index (χ3n) is 5.56. The lowest BCUT2D eigenvalue weighted by Gasteiger charge is -2.20. The summed E-state index contributed by atoms with van der Waals surface area (Å²) in [5.74, 6) is 0.686. The second-order valence-corrected chi connectivity index (χ2v) is 7.65. The number of fused-ring (bicyclic) bond motifs is 2. The van der Waals surface area contributed by atoms with Gasteiger partial charge in [-0.3, -0.25) is 9.20 Å². The summed E-state index contributed by atoms with van der Waals surface area (Å²) in [6.45, 7) is 5.27. The molecule has 0 bridgehead atoms. The predicted molar refractivity (Wildman–Crippen MR) is 111 cm³/mol. The number of aryl methyl sites for hydroxylation is 1. The zero-order valence-corrected chi connectivity index (χ0v) is 16.6. The fraction of sp³-hybridized carbons (Fsp3) is 0.318. The lowest BCUT2D eigenvalue weighted by Crippen LogP contribution is -2.35. The van der Waals surface area contributed by atoms with Crippen LogP contribution in [0.1, 0.15) is 22.8 Å². The van der Waals surface area contributed by atoms with E-state index in [0.29, 0.717) is 11.6 Å². The molecule has 1 aliphatic rings. The molecule has 0 spiro atoms. The molecule has 5 rings (SSSR count). The number of likely N-dealkylation sites (N-methyl/N-ethyl adjacent to an activating group) is 1. The number of amides is 1. The van der Waals surface area contributed by atoms with Crippen molar-refractivity contribution in [2.75, 3.05) is 33.2 Å². The van der Waals surface area contributed by atoms with Crippen molar-refractivity contribution < 1.29 is 9.21 Å². The molecular formula is C22H23N5O2. The van der Waals surface area contributed by atoms with Gasteiger partial charge in [-0.25, -0.2) is 9.97 Å². The summed E-state index contributed by atoms with van der Waals surface area (Å²) >= 11 is 0. The van der Waals surface area contributed by atoms with E-state index in [-0.39, 0.29) is 5.91 Å². The van der Waals surface area contributed by atoms with Crippen LogP contribution in [0.15, 0.2) is 47.1 Å². The molecule has 7 heteroatoms. The third-order valence-corrected chi connectivity index (χ3v) is 5.56. The fourth-order valence-corrected chi connectivity index (χ4v) is 3.94. The summed E-state index contributed by atoms with van der Waals surface area (Å²) < 4.78 is 7.47. The first-order valence-electron chi connectivity index (χ1n) is 9.91. The Hall–Kier alpha value is -3.19. The molecule has 1 saturated heterocycles. The van der Waals surface area contributed by atoms with Crippen LogP contribution in [0, 0.1) is 6.92 Å². The van der Waals surface area contributed by atoms with Crippen LogP contribution in [0.2, 0.25) is 0 Å². The van der Waals surface area contributed by atoms with Crippen LogP contribution in [0.4, 0.5) is 0 Å². The van der Waals surface area contributed by atoms with E-state index in [1.165, 1.54) is 0 Å². The van der Waals surface area contributed by atoms with Crippen molar-refractivity contribution in [2.45, 2.75) is 13.3 Å². The Balaban J connectivity index is 1.51. The van der Waals surface area contributed by atoms with Crippen LogP contribution < -0.4 is 0 Å². The molecule has 4 heterocycles. The second kappa shape index (κ2) is 7.00. The van der Waals surface area contributed by atoms with E-state index in [0.717, 1.165) is 60.5 Å². The van der Waals surface area contributed by atoms with E-state index in [9.17, 15) is 4.79 Å². The average Bonchev–Trinajstić information content (AvgIpc) is 3.23. The van der Waals surface area contributed by atoms with Crippen LogP contribution >= 0.6 is 0 Å². The summed E-state index contributed by atoms with van der Waals surface area (Å²) in [7, 11) is 2.10. The van der Waals surface area contributed by atoms with Gasteiger partial charge in [0.05, 0.1) is 6.20 Å². The van der Waals surface area contributed by atoms with Crippen LogP contribution in [-0.4, -0.2) is 63.3 Å². The molecule has 0 atom stereocenters. The number of rotatable bonds is 2. The lowest BCUT2D eigenvalue weighted by atomic mass is 10.1. The Bertz CT molecular complexity index is 1210. The van der Waals surface area contributed by atoms with Crippen molar-refractivity contribution in [3.63, 3.8) is 0 Å². The van der Waals surface area contributed by atoms with Crippen molar-refractivity contribution in [3.05, 3.63) is 54.3 Å². The van der Waals surface area contributed by atoms with Gasteiger partial charge in [0, 0.05) is 32.8 Å². The van der Waals surface area contributed by atoms with Gasteiger partial charge in [0.2, 0.25) is 0 Å². The Morgan fingerprint density at radius 2 is 1.93 bits per heavy atom. The SMILES string of the molecule is Cc1nc2cc(-c3ccc4ncc(C(=O)N5CCCN(C)CC5)n4c3)ccc2o1. The highest BCUT2D eigenvalue weighted by atomic mass is 16.3. The van der Waals surface area contributed by atoms with Crippen LogP contribution in [0.25, 0.3) is 27.9 Å². The smallest absolute Gasteiger partial charge is 0.272 e. The largest absolute Gasteiger partial charge is 0.441 e. The summed E-state index contributed by atoms with van der Waals surface area (Å²) in [5.41, 5.74) is 5.00. The molecule has 148 valence electrons. The number of pyridine rings is 1. The molecule has 0 aliphatic carbocycles. The Morgan fingerprint density at radius 3 is 2.83 bits per heavy atom. The number of oxazole rings is 1. The minimum absolute atomic E-state index is 0.0347. The molecule has 7 nitrogen and oxygen atoms in total. The monoisotopic (exact) mass is 389 g/mol. The minimum atomic E-state index is 0.0347. The number of nitrogens with zero attached hydrogens (tertiary/aromatic N) is 5. The van der Waals surface area contributed by atoms with Crippen molar-refractivity contribution in [3.8, 4) is 11.1 Å². The van der Waals surface area contributed by atoms with Crippen LogP contribution in [0.5, 0.6) is 0 Å². The number of hydrogen-bond donors (Lipinski definition) is 0. The molecule has 1 aliphatic heterocycles. The molecular weight excluding hydrogens is 366 g/mol. The molecule has 1 aromatic carbocycles. The number of aromatic nitrogens is 3. The highest BCUT2D eigenvalue weighted by Crippen LogP contribution is 2.26. The van der Waals surface area contributed by atoms with E-state index >= 15 is 0 Å². The molecule has 29 heavy (non-hydrogen) atoms. The normalized spacial score (nSPS) is 15.9. The molecule has 0 radical (unpaired) electrons. The van der Waals surface area contributed by atoms with E-state index in [4.69, 9.17) is 4.42 Å². The van der Waals surface area contributed by atoms with Crippen molar-refractivity contribution in [1.29, 1.82) is 0 Å². The maximum absolute atomic E-state index is 13.2. The number of benzene rings is 1. The van der Waals surface area contributed by atoms with Crippen molar-refractivity contribution >= 4 is 22.7 Å². The van der Waals surface area contributed by atoms with Gasteiger partial charge in [-0.1, -0.05) is 6.07 Å². The topological polar surface area (TPSA) is 66.9 Å². The number of carbonyl (C=O) groups excluding carboxylic acids is 1. The van der Waals surface area contributed by atoms with Gasteiger partial charge in [0.15, 0.2) is 11.5 Å². The fourth-order valence-electron chi connectivity index (χ4n) is 3.94. The van der Waals surface area contributed by atoms with Gasteiger partial charge in [-0.05, 0) is 55.4 Å². The van der Waals surface area contributed by atoms with E-state index < -0.39 is 0 Å². The maximum atomic E-state index is 13.2. The predicted octanol–water partition coefficient (Wildman–Crippen LogP) is 3.23. The summed E-state index contributed by atoms with van der Waals surface area (Å²) in [5, 5.41) is 0. The maximum Gasteiger partial charge on any atom is 0.272 e. The first-order valence-corrected chi connectivity index (χ1v) is 9.91. The first-order chi connectivity index (χ1) is 14.1. The molecule has 0 N–H and O–H groups in total. The molecule has 1 fully saturated rings. The van der Waals surface area contributed by atoms with E-state index in [1.807, 2.05) is 52.8 Å². The van der Waals surface area contributed by atoms with Crippen LogP contribution in [0.3, 0.4) is 0 Å². The number of imidazole rings is 1. The molecule has 0 unspecified atom stereocenters. The molecule has 4 aromatic rings. The molecule has 3 aromatic heterocycles. The second-order valence-electron chi connectivity index (χ2n) is 7.65. The van der Waals surface area contributed by atoms with Gasteiger partial charge in [0.25, 0.3) is 5.91 Å². The van der Waals surface area contributed by atoms with Crippen molar-refractivity contribution in [1.82, 2.24) is 24.2 Å². The first kappa shape index (κ1) is 17.9. The van der Waals surface area contributed by atoms with E-state index in [2.05, 4.69) is 21.9 Å². The molecule has 0 saturated carbocycles. The Morgan fingerprint density at radius 1 is 1.07 bits per heavy atom. The highest BCUT2D eigenvalue weighted by Gasteiger charge is 2.22. The minimum Gasteiger partial charge on any atom is -0.441 e. The summed E-state index contributed by atoms with van der Waals surface area (Å²) in [4.78, 5) is 26.2. The van der Waals surface area contributed by atoms with E-state index in [1.54, 1.807) is 6.20 Å². The zero-order chi connectivity index (χ0) is 20.0. The lowest BCUT2D eigenvalue weighted by molar-refractivity contribution is 0.0756. The molecule has 1 amide bonds. The van der Waals surface area contributed by atoms with Crippen molar-refractivity contribution in [2.24, 2.45) is 0 Å². The third kappa shape index (κ3) is 3.27. The van der Waals surface area contributed by atoms with Gasteiger partial charge in [0.1, 0.15) is 16.9 Å². The summed E-state index contributed by atoms with van der Waals surface area (Å²) in [6, 6.07) is 9.92. The standard InChI is InChI=1S/C22H23N5O2/c1-15-24-18-12-16(4-6-20(18)29-15)17-5-7-21-23-13-19(27(21)14-17)22(28)26-9-3-8-25(2)10-11-26/h4-7,12-14H,3,8-11H2,1-2H3. The van der Waals surface area contributed by atoms with Gasteiger partial charge < -0.3 is 14.2 Å². The van der Waals surface area contributed by atoms with Gasteiger partial charge >= 0.3 is 0 Å².